The maximum Gasteiger partial charge on any atom is 0.274 e. The number of hydrazone groups is 1. The molecule has 0 fully saturated rings. The molecule has 3 aromatic carbocycles. The Morgan fingerprint density at radius 2 is 1.77 bits per heavy atom. The Morgan fingerprint density at radius 1 is 1.00 bits per heavy atom. The molecule has 1 N–H and O–H groups in total. The van der Waals surface area contributed by atoms with Gasteiger partial charge in [0.05, 0.1) is 11.8 Å². The first kappa shape index (κ1) is 17.4. The molecule has 0 saturated carbocycles. The van der Waals surface area contributed by atoms with Crippen LogP contribution in [0.4, 0.5) is 4.39 Å². The van der Waals surface area contributed by atoms with E-state index in [1.807, 2.05) is 54.6 Å². The predicted octanol–water partition coefficient (Wildman–Crippen LogP) is 4.17. The van der Waals surface area contributed by atoms with Crippen LogP contribution in [0.1, 0.15) is 21.5 Å². The number of carbonyl (C=O) groups is 1. The lowest BCUT2D eigenvalue weighted by Crippen LogP contribution is -2.18. The molecule has 5 heteroatoms. The molecule has 0 aliphatic rings. The molecule has 130 valence electrons. The number of carbonyl (C=O) groups excluding carboxylic acids is 1. The van der Waals surface area contributed by atoms with Crippen LogP contribution in [0.15, 0.2) is 84.0 Å². The van der Waals surface area contributed by atoms with Gasteiger partial charge in [-0.25, -0.2) is 9.82 Å². The number of benzene rings is 3. The Kier molecular flexibility index (Phi) is 5.72. The highest BCUT2D eigenvalue weighted by Crippen LogP contribution is 2.14. The van der Waals surface area contributed by atoms with E-state index < -0.39 is 11.7 Å². The van der Waals surface area contributed by atoms with Crippen LogP contribution in [0, 0.1) is 5.82 Å². The molecular weight excluding hydrogens is 331 g/mol. The van der Waals surface area contributed by atoms with Crippen molar-refractivity contribution in [3.63, 3.8) is 0 Å². The fourth-order valence-electron chi connectivity index (χ4n) is 2.30. The molecule has 26 heavy (non-hydrogen) atoms. The summed E-state index contributed by atoms with van der Waals surface area (Å²) in [6, 6.07) is 22.9. The first-order valence-corrected chi connectivity index (χ1v) is 8.07. The number of amides is 1. The summed E-state index contributed by atoms with van der Waals surface area (Å²) in [5.41, 5.74) is 4.09. The van der Waals surface area contributed by atoms with Crippen molar-refractivity contribution < 1.29 is 13.9 Å². The van der Waals surface area contributed by atoms with Gasteiger partial charge in [-0.1, -0.05) is 54.6 Å². The largest absolute Gasteiger partial charge is 0.489 e. The van der Waals surface area contributed by atoms with Crippen molar-refractivity contribution in [2.75, 3.05) is 0 Å². The highest BCUT2D eigenvalue weighted by atomic mass is 19.1. The number of nitrogens with zero attached hydrogens (tertiary/aromatic N) is 1. The summed E-state index contributed by atoms with van der Waals surface area (Å²) in [7, 11) is 0. The smallest absolute Gasteiger partial charge is 0.274 e. The van der Waals surface area contributed by atoms with Crippen LogP contribution in [0.2, 0.25) is 0 Å². The van der Waals surface area contributed by atoms with E-state index in [0.29, 0.717) is 12.4 Å². The third kappa shape index (κ3) is 4.77. The number of rotatable bonds is 6. The Balaban J connectivity index is 1.59. The van der Waals surface area contributed by atoms with Crippen molar-refractivity contribution in [2.45, 2.75) is 6.61 Å². The second-order valence-corrected chi connectivity index (χ2v) is 5.53. The lowest BCUT2D eigenvalue weighted by molar-refractivity contribution is 0.0951. The molecule has 0 aliphatic carbocycles. The Bertz CT molecular complexity index is 911. The van der Waals surface area contributed by atoms with E-state index in [-0.39, 0.29) is 5.56 Å². The fraction of sp³-hybridized carbons (Fsp3) is 0.0476. The lowest BCUT2D eigenvalue weighted by Gasteiger charge is -2.06. The van der Waals surface area contributed by atoms with Gasteiger partial charge in [-0.05, 0) is 35.4 Å². The maximum atomic E-state index is 13.5. The summed E-state index contributed by atoms with van der Waals surface area (Å²) in [5, 5.41) is 3.87. The average molecular weight is 348 g/mol. The Hall–Kier alpha value is -3.47. The molecule has 0 bridgehead atoms. The number of nitrogens with one attached hydrogen (secondary N) is 1. The quantitative estimate of drug-likeness (QED) is 0.537. The summed E-state index contributed by atoms with van der Waals surface area (Å²) in [6.07, 6.45) is 1.48. The van der Waals surface area contributed by atoms with Crippen molar-refractivity contribution in [1.29, 1.82) is 0 Å². The number of hydrogen-bond acceptors (Lipinski definition) is 3. The molecule has 0 saturated heterocycles. The van der Waals surface area contributed by atoms with Gasteiger partial charge in [0.25, 0.3) is 5.91 Å². The van der Waals surface area contributed by atoms with Gasteiger partial charge in [-0.2, -0.15) is 5.10 Å². The summed E-state index contributed by atoms with van der Waals surface area (Å²) < 4.78 is 19.3. The normalized spacial score (nSPS) is 10.7. The molecule has 0 radical (unpaired) electrons. The zero-order valence-electron chi connectivity index (χ0n) is 13.9. The van der Waals surface area contributed by atoms with Crippen molar-refractivity contribution in [3.05, 3.63) is 101 Å². The van der Waals surface area contributed by atoms with Crippen LogP contribution in [0.25, 0.3) is 0 Å². The molecule has 0 spiro atoms. The minimum absolute atomic E-state index is 0.0513. The van der Waals surface area contributed by atoms with Crippen LogP contribution in [-0.2, 0) is 6.61 Å². The molecule has 3 aromatic rings. The van der Waals surface area contributed by atoms with E-state index in [1.54, 1.807) is 6.07 Å². The van der Waals surface area contributed by atoms with E-state index in [0.717, 1.165) is 11.1 Å². The summed E-state index contributed by atoms with van der Waals surface area (Å²) >= 11 is 0. The second kappa shape index (κ2) is 8.58. The fourth-order valence-corrected chi connectivity index (χ4v) is 2.30. The van der Waals surface area contributed by atoms with Crippen molar-refractivity contribution in [1.82, 2.24) is 5.43 Å². The van der Waals surface area contributed by atoms with E-state index in [2.05, 4.69) is 10.5 Å². The Morgan fingerprint density at radius 3 is 2.58 bits per heavy atom. The highest BCUT2D eigenvalue weighted by molar-refractivity contribution is 5.95. The minimum Gasteiger partial charge on any atom is -0.489 e. The first-order chi connectivity index (χ1) is 12.7. The summed E-state index contributed by atoms with van der Waals surface area (Å²) in [6.45, 7) is 0.464. The average Bonchev–Trinajstić information content (AvgIpc) is 2.68. The van der Waals surface area contributed by atoms with Gasteiger partial charge < -0.3 is 4.74 Å². The van der Waals surface area contributed by atoms with Gasteiger partial charge in [-0.3, -0.25) is 4.79 Å². The standard InChI is InChI=1S/C21H17FN2O2/c22-20-12-5-4-11-19(20)21(25)24-23-14-17-9-6-10-18(13-17)26-15-16-7-2-1-3-8-16/h1-14H,15H2,(H,24,25). The van der Waals surface area contributed by atoms with Gasteiger partial charge in [0.1, 0.15) is 18.2 Å². The Labute approximate surface area is 150 Å². The minimum atomic E-state index is -0.601. The monoisotopic (exact) mass is 348 g/mol. The van der Waals surface area contributed by atoms with Gasteiger partial charge in [0.15, 0.2) is 0 Å². The number of hydrogen-bond donors (Lipinski definition) is 1. The van der Waals surface area contributed by atoms with E-state index >= 15 is 0 Å². The highest BCUT2D eigenvalue weighted by Gasteiger charge is 2.09. The molecular formula is C21H17FN2O2. The van der Waals surface area contributed by atoms with Gasteiger partial charge in [-0.15, -0.1) is 0 Å². The topological polar surface area (TPSA) is 50.7 Å². The summed E-state index contributed by atoms with van der Waals surface area (Å²) in [5.74, 6) is -0.495. The third-order valence-electron chi connectivity index (χ3n) is 3.60. The number of halogens is 1. The van der Waals surface area contributed by atoms with Crippen LogP contribution in [-0.4, -0.2) is 12.1 Å². The molecule has 0 atom stereocenters. The maximum absolute atomic E-state index is 13.5. The van der Waals surface area contributed by atoms with Gasteiger partial charge >= 0.3 is 0 Å². The zero-order chi connectivity index (χ0) is 18.2. The third-order valence-corrected chi connectivity index (χ3v) is 3.60. The SMILES string of the molecule is O=C(NN=Cc1cccc(OCc2ccccc2)c1)c1ccccc1F. The van der Waals surface area contributed by atoms with Crippen LogP contribution < -0.4 is 10.2 Å². The van der Waals surface area contributed by atoms with Crippen LogP contribution in [0.5, 0.6) is 5.75 Å². The lowest BCUT2D eigenvalue weighted by atomic mass is 10.2. The predicted molar refractivity (Wildman–Crippen MR) is 98.7 cm³/mol. The first-order valence-electron chi connectivity index (χ1n) is 8.07. The van der Waals surface area contributed by atoms with Gasteiger partial charge in [0, 0.05) is 0 Å². The molecule has 0 aliphatic heterocycles. The van der Waals surface area contributed by atoms with E-state index in [9.17, 15) is 9.18 Å². The van der Waals surface area contributed by atoms with E-state index in [1.165, 1.54) is 24.4 Å². The van der Waals surface area contributed by atoms with Crippen LogP contribution in [0.3, 0.4) is 0 Å². The van der Waals surface area contributed by atoms with Gasteiger partial charge in [0.2, 0.25) is 0 Å². The second-order valence-electron chi connectivity index (χ2n) is 5.53. The summed E-state index contributed by atoms with van der Waals surface area (Å²) in [4.78, 5) is 11.9. The molecule has 0 aromatic heterocycles. The molecule has 3 rings (SSSR count). The van der Waals surface area contributed by atoms with Crippen molar-refractivity contribution >= 4 is 12.1 Å². The number of ether oxygens (including phenoxy) is 1. The molecule has 0 unspecified atom stereocenters. The molecule has 1 amide bonds. The molecule has 0 heterocycles. The van der Waals surface area contributed by atoms with E-state index in [4.69, 9.17) is 4.74 Å². The van der Waals surface area contributed by atoms with Crippen LogP contribution >= 0.6 is 0 Å². The zero-order valence-corrected chi connectivity index (χ0v) is 13.9. The van der Waals surface area contributed by atoms with Crippen molar-refractivity contribution in [3.8, 4) is 5.75 Å². The van der Waals surface area contributed by atoms with Crippen molar-refractivity contribution in [2.24, 2.45) is 5.10 Å². The molecule has 4 nitrogen and oxygen atoms in total.